The Morgan fingerprint density at radius 3 is 3.30 bits per heavy atom. The van der Waals surface area contributed by atoms with Gasteiger partial charge in [-0.1, -0.05) is 23.6 Å². The van der Waals surface area contributed by atoms with E-state index in [1.54, 1.807) is 11.9 Å². The van der Waals surface area contributed by atoms with Crippen LogP contribution in [0.4, 0.5) is 0 Å². The molecule has 2 heterocycles. The molecule has 2 rings (SSSR count). The Morgan fingerprint density at radius 1 is 1.70 bits per heavy atom. The van der Waals surface area contributed by atoms with Crippen LogP contribution in [0.3, 0.4) is 0 Å². The molecule has 53 valence electrons. The second-order valence-electron chi connectivity index (χ2n) is 1.86. The number of hydrogen-bond donors (Lipinski definition) is 3. The monoisotopic (exact) mass is 156 g/mol. The minimum Gasteiger partial charge on any atom is -0.389 e. The number of hydrogen-bond acceptors (Lipinski definition) is 5. The van der Waals surface area contributed by atoms with Crippen molar-refractivity contribution in [2.45, 2.75) is 6.04 Å². The fraction of sp³-hybridized carbons (Fsp3) is 0.200. The average Bonchev–Trinajstić information content (AvgIpc) is 2.59. The van der Waals surface area contributed by atoms with Crippen LogP contribution in [0, 0.1) is 6.20 Å². The molecule has 0 aliphatic carbocycles. The van der Waals surface area contributed by atoms with Crippen LogP contribution in [0.5, 0.6) is 0 Å². The molecule has 3 N–H and O–H groups in total. The summed E-state index contributed by atoms with van der Waals surface area (Å²) in [5, 5.41) is 1.97. The molecule has 5 heteroatoms. The van der Waals surface area contributed by atoms with Crippen molar-refractivity contribution in [3.8, 4) is 0 Å². The Morgan fingerprint density at radius 2 is 2.70 bits per heavy atom. The van der Waals surface area contributed by atoms with Crippen molar-refractivity contribution in [1.82, 2.24) is 15.7 Å². The van der Waals surface area contributed by atoms with Crippen molar-refractivity contribution in [2.75, 3.05) is 0 Å². The summed E-state index contributed by atoms with van der Waals surface area (Å²) in [4.78, 5) is 4.95. The van der Waals surface area contributed by atoms with Gasteiger partial charge in [0.1, 0.15) is 6.20 Å². The number of nitrogens with one attached hydrogen (secondary N) is 3. The summed E-state index contributed by atoms with van der Waals surface area (Å²) in [6.45, 7) is 0. The molecular weight excluding hydrogens is 150 g/mol. The van der Waals surface area contributed by atoms with Gasteiger partial charge in [-0.15, -0.1) is 0 Å². The van der Waals surface area contributed by atoms with Crippen LogP contribution >= 0.6 is 11.9 Å². The van der Waals surface area contributed by atoms with Crippen LogP contribution in [0.25, 0.3) is 0 Å². The van der Waals surface area contributed by atoms with Gasteiger partial charge in [-0.2, -0.15) is 0 Å². The first kappa shape index (κ1) is 6.09. The van der Waals surface area contributed by atoms with Crippen LogP contribution in [-0.2, 0) is 4.84 Å². The van der Waals surface area contributed by atoms with Gasteiger partial charge < -0.3 is 4.84 Å². The van der Waals surface area contributed by atoms with E-state index in [9.17, 15) is 0 Å². The SMILES string of the molecule is [C]1=C(C2C=CSN2)ONN1. The molecule has 0 bridgehead atoms. The molecule has 1 radical (unpaired) electrons. The van der Waals surface area contributed by atoms with E-state index in [1.165, 1.54) is 0 Å². The third kappa shape index (κ3) is 0.985. The molecule has 10 heavy (non-hydrogen) atoms. The summed E-state index contributed by atoms with van der Waals surface area (Å²) in [6, 6.07) is 0.146. The lowest BCUT2D eigenvalue weighted by Crippen LogP contribution is -2.22. The zero-order valence-electron chi connectivity index (χ0n) is 5.05. The van der Waals surface area contributed by atoms with Crippen LogP contribution in [-0.4, -0.2) is 6.04 Å². The predicted octanol–water partition coefficient (Wildman–Crippen LogP) is -0.196. The van der Waals surface area contributed by atoms with E-state index in [0.29, 0.717) is 0 Å². The van der Waals surface area contributed by atoms with Gasteiger partial charge in [0.15, 0.2) is 5.76 Å². The van der Waals surface area contributed by atoms with E-state index in [1.807, 2.05) is 11.5 Å². The van der Waals surface area contributed by atoms with Gasteiger partial charge in [0.2, 0.25) is 0 Å². The van der Waals surface area contributed by atoms with Crippen LogP contribution < -0.4 is 15.7 Å². The minimum absolute atomic E-state index is 0.146. The van der Waals surface area contributed by atoms with Crippen molar-refractivity contribution >= 4 is 11.9 Å². The molecule has 0 fully saturated rings. The molecule has 2 aliphatic rings. The van der Waals surface area contributed by atoms with E-state index in [2.05, 4.69) is 21.9 Å². The van der Waals surface area contributed by atoms with Crippen molar-refractivity contribution in [3.63, 3.8) is 0 Å². The predicted molar refractivity (Wildman–Crippen MR) is 37.8 cm³/mol. The lowest BCUT2D eigenvalue weighted by atomic mass is 10.3. The summed E-state index contributed by atoms with van der Waals surface area (Å²) in [5.74, 6) is 0.737. The largest absolute Gasteiger partial charge is 0.389 e. The highest BCUT2D eigenvalue weighted by molar-refractivity contribution is 8.00. The third-order valence-electron chi connectivity index (χ3n) is 1.21. The molecule has 1 unspecified atom stereocenters. The standard InChI is InChI=1S/C5H6N3OS/c1-2-10-7-4(1)5-3-6-8-9-5/h1-2,4,6-8H. The van der Waals surface area contributed by atoms with E-state index < -0.39 is 0 Å². The molecule has 4 nitrogen and oxygen atoms in total. The zero-order chi connectivity index (χ0) is 6.81. The molecule has 0 aromatic heterocycles. The summed E-state index contributed by atoms with van der Waals surface area (Å²) < 4.78 is 3.10. The molecule has 0 amide bonds. The topological polar surface area (TPSA) is 45.3 Å². The second kappa shape index (κ2) is 2.53. The Bertz CT molecular complexity index is 191. The second-order valence-corrected chi connectivity index (χ2v) is 2.60. The lowest BCUT2D eigenvalue weighted by Gasteiger charge is -2.05. The molecule has 0 saturated heterocycles. The van der Waals surface area contributed by atoms with Gasteiger partial charge >= 0.3 is 0 Å². The van der Waals surface area contributed by atoms with E-state index >= 15 is 0 Å². The summed E-state index contributed by atoms with van der Waals surface area (Å²) >= 11 is 1.54. The minimum atomic E-state index is 0.146. The first-order chi connectivity index (χ1) is 4.97. The van der Waals surface area contributed by atoms with Gasteiger partial charge in [0.25, 0.3) is 0 Å². The van der Waals surface area contributed by atoms with Gasteiger partial charge in [-0.3, -0.25) is 5.43 Å². The molecule has 2 aliphatic heterocycles. The smallest absolute Gasteiger partial charge is 0.175 e. The first-order valence-electron chi connectivity index (χ1n) is 2.84. The summed E-state index contributed by atoms with van der Waals surface area (Å²) in [7, 11) is 0. The number of hydrazine groups is 1. The Hall–Kier alpha value is -0.650. The molecule has 0 aromatic carbocycles. The lowest BCUT2D eigenvalue weighted by molar-refractivity contribution is 0.104. The quantitative estimate of drug-likeness (QED) is 0.459. The van der Waals surface area contributed by atoms with Gasteiger partial charge in [0.05, 0.1) is 6.04 Å². The van der Waals surface area contributed by atoms with E-state index in [-0.39, 0.29) is 6.04 Å². The van der Waals surface area contributed by atoms with Crippen molar-refractivity contribution < 1.29 is 4.84 Å². The van der Waals surface area contributed by atoms with Crippen LogP contribution in [0.2, 0.25) is 0 Å². The molecule has 0 spiro atoms. The van der Waals surface area contributed by atoms with E-state index in [0.717, 1.165) is 5.76 Å². The van der Waals surface area contributed by atoms with Gasteiger partial charge in [-0.25, -0.2) is 4.72 Å². The van der Waals surface area contributed by atoms with Gasteiger partial charge in [0, 0.05) is 0 Å². The third-order valence-corrected chi connectivity index (χ3v) is 1.90. The maximum absolute atomic E-state index is 4.95. The first-order valence-corrected chi connectivity index (χ1v) is 3.72. The summed E-state index contributed by atoms with van der Waals surface area (Å²) in [6.07, 6.45) is 4.81. The van der Waals surface area contributed by atoms with E-state index in [4.69, 9.17) is 4.84 Å². The fourth-order valence-corrected chi connectivity index (χ4v) is 1.39. The highest BCUT2D eigenvalue weighted by Crippen LogP contribution is 2.16. The molecule has 0 aromatic rings. The highest BCUT2D eigenvalue weighted by Gasteiger charge is 2.19. The highest BCUT2D eigenvalue weighted by atomic mass is 32.2. The number of rotatable bonds is 1. The van der Waals surface area contributed by atoms with Crippen molar-refractivity contribution in [1.29, 1.82) is 0 Å². The van der Waals surface area contributed by atoms with Crippen molar-refractivity contribution in [3.05, 3.63) is 23.4 Å². The van der Waals surface area contributed by atoms with Crippen LogP contribution in [0.15, 0.2) is 17.2 Å². The molecular formula is C5H6N3OS. The fourth-order valence-electron chi connectivity index (χ4n) is 0.745. The van der Waals surface area contributed by atoms with Crippen LogP contribution in [0.1, 0.15) is 0 Å². The zero-order valence-corrected chi connectivity index (χ0v) is 5.87. The Kier molecular flexibility index (Phi) is 1.54. The average molecular weight is 156 g/mol. The molecule has 1 atom stereocenters. The normalized spacial score (nSPS) is 29.6. The maximum atomic E-state index is 4.95. The van der Waals surface area contributed by atoms with Crippen molar-refractivity contribution in [2.24, 2.45) is 0 Å². The Balaban J connectivity index is 2.04. The Labute approximate surface area is 62.8 Å². The maximum Gasteiger partial charge on any atom is 0.175 e. The summed E-state index contributed by atoms with van der Waals surface area (Å²) in [5.41, 5.74) is 5.07. The van der Waals surface area contributed by atoms with Gasteiger partial charge in [-0.05, 0) is 5.41 Å². The molecule has 0 saturated carbocycles.